The molecule has 0 aliphatic rings. The molecule has 1 heterocycles. The lowest BCUT2D eigenvalue weighted by atomic mass is 10.3. The Morgan fingerprint density at radius 1 is 1.39 bits per heavy atom. The van der Waals surface area contributed by atoms with E-state index < -0.39 is 0 Å². The summed E-state index contributed by atoms with van der Waals surface area (Å²) in [5.74, 6) is 0.811. The van der Waals surface area contributed by atoms with E-state index in [4.69, 9.17) is 10.00 Å². The van der Waals surface area contributed by atoms with Crippen molar-refractivity contribution in [1.82, 2.24) is 9.55 Å². The molecule has 94 valence electrons. The van der Waals surface area contributed by atoms with Crippen LogP contribution in [0, 0.1) is 11.3 Å². The Labute approximate surface area is 107 Å². The number of nitriles is 1. The predicted octanol–water partition coefficient (Wildman–Crippen LogP) is 2.53. The highest BCUT2D eigenvalue weighted by atomic mass is 16.5. The Morgan fingerprint density at radius 2 is 2.17 bits per heavy atom. The molecule has 18 heavy (non-hydrogen) atoms. The molecule has 2 aromatic rings. The molecule has 2 rings (SSSR count). The highest BCUT2D eigenvalue weighted by molar-refractivity contribution is 5.75. The lowest BCUT2D eigenvalue weighted by Crippen LogP contribution is -2.12. The van der Waals surface area contributed by atoms with Gasteiger partial charge in [-0.25, -0.2) is 4.98 Å². The molecule has 0 aliphatic heterocycles. The average Bonchev–Trinajstić information content (AvgIpc) is 2.68. The van der Waals surface area contributed by atoms with E-state index in [9.17, 15) is 0 Å². The lowest BCUT2D eigenvalue weighted by Gasteiger charge is -2.10. The van der Waals surface area contributed by atoms with E-state index >= 15 is 0 Å². The largest absolute Gasteiger partial charge is 0.377 e. The molecule has 0 fully saturated rings. The van der Waals surface area contributed by atoms with Gasteiger partial charge in [0.25, 0.3) is 0 Å². The van der Waals surface area contributed by atoms with Crippen LogP contribution in [0.15, 0.2) is 24.3 Å². The normalized spacial score (nSPS) is 11.0. The lowest BCUT2D eigenvalue weighted by molar-refractivity contribution is 0.0729. The van der Waals surface area contributed by atoms with E-state index in [1.165, 1.54) is 0 Å². The number of benzene rings is 1. The minimum Gasteiger partial charge on any atom is -0.377 e. The summed E-state index contributed by atoms with van der Waals surface area (Å²) in [6.07, 6.45) is 0.551. The fraction of sp³-hybridized carbons (Fsp3) is 0.429. The maximum atomic E-state index is 8.85. The molecule has 0 unspecified atom stereocenters. The van der Waals surface area contributed by atoms with Gasteiger partial charge in [-0.15, -0.1) is 0 Å². The summed E-state index contributed by atoms with van der Waals surface area (Å²) in [7, 11) is 0. The summed E-state index contributed by atoms with van der Waals surface area (Å²) in [5.41, 5.74) is 2.00. The van der Waals surface area contributed by atoms with Crippen LogP contribution in [0.1, 0.15) is 19.7 Å². The number of hydrogen-bond acceptors (Lipinski definition) is 3. The number of ether oxygens (including phenoxy) is 1. The molecule has 0 atom stereocenters. The van der Waals surface area contributed by atoms with E-state index in [-0.39, 0.29) is 6.10 Å². The fourth-order valence-corrected chi connectivity index (χ4v) is 1.96. The van der Waals surface area contributed by atoms with Gasteiger partial charge in [0.1, 0.15) is 5.82 Å². The van der Waals surface area contributed by atoms with E-state index in [2.05, 4.69) is 15.6 Å². The molecule has 0 saturated heterocycles. The van der Waals surface area contributed by atoms with Crippen LogP contribution < -0.4 is 0 Å². The first kappa shape index (κ1) is 12.6. The van der Waals surface area contributed by atoms with Crippen LogP contribution in [0.25, 0.3) is 11.0 Å². The van der Waals surface area contributed by atoms with Crippen LogP contribution in [-0.4, -0.2) is 22.3 Å². The van der Waals surface area contributed by atoms with Gasteiger partial charge in [0.2, 0.25) is 0 Å². The maximum absolute atomic E-state index is 8.85. The zero-order valence-electron chi connectivity index (χ0n) is 10.8. The van der Waals surface area contributed by atoms with E-state index in [0.717, 1.165) is 23.4 Å². The summed E-state index contributed by atoms with van der Waals surface area (Å²) in [5, 5.41) is 8.85. The summed E-state index contributed by atoms with van der Waals surface area (Å²) in [4.78, 5) is 4.49. The third-order valence-electron chi connectivity index (χ3n) is 2.74. The Morgan fingerprint density at radius 3 is 2.89 bits per heavy atom. The smallest absolute Gasteiger partial charge is 0.124 e. The molecular formula is C14H17N3O. The van der Waals surface area contributed by atoms with E-state index in [1.54, 1.807) is 0 Å². The monoisotopic (exact) mass is 243 g/mol. The SMILES string of the molecule is CC(C)OCCn1c(CC#N)nc2ccccc21. The predicted molar refractivity (Wildman–Crippen MR) is 70.1 cm³/mol. The second-order valence-electron chi connectivity index (χ2n) is 4.42. The van der Waals surface area contributed by atoms with Crippen molar-refractivity contribution < 1.29 is 4.74 Å². The minimum absolute atomic E-state index is 0.221. The summed E-state index contributed by atoms with van der Waals surface area (Å²) >= 11 is 0. The molecule has 0 saturated carbocycles. The number of nitrogens with zero attached hydrogens (tertiary/aromatic N) is 3. The molecule has 0 radical (unpaired) electrons. The van der Waals surface area contributed by atoms with Gasteiger partial charge in [-0.05, 0) is 26.0 Å². The third-order valence-corrected chi connectivity index (χ3v) is 2.74. The van der Waals surface area contributed by atoms with Crippen molar-refractivity contribution in [3.8, 4) is 6.07 Å². The van der Waals surface area contributed by atoms with E-state index in [1.807, 2.05) is 38.1 Å². The Bertz CT molecular complexity index is 566. The molecule has 4 nitrogen and oxygen atoms in total. The van der Waals surface area contributed by atoms with Gasteiger partial charge in [-0.3, -0.25) is 0 Å². The van der Waals surface area contributed by atoms with Crippen LogP contribution in [0.3, 0.4) is 0 Å². The number of rotatable bonds is 5. The minimum atomic E-state index is 0.221. The number of fused-ring (bicyclic) bond motifs is 1. The average molecular weight is 243 g/mol. The first-order valence-electron chi connectivity index (χ1n) is 6.15. The summed E-state index contributed by atoms with van der Waals surface area (Å²) < 4.78 is 7.64. The quantitative estimate of drug-likeness (QED) is 0.810. The highest BCUT2D eigenvalue weighted by Crippen LogP contribution is 2.16. The number of imidazole rings is 1. The highest BCUT2D eigenvalue weighted by Gasteiger charge is 2.09. The van der Waals surface area contributed by atoms with Gasteiger partial charge in [0, 0.05) is 6.54 Å². The molecular weight excluding hydrogens is 226 g/mol. The zero-order valence-corrected chi connectivity index (χ0v) is 10.8. The van der Waals surface area contributed by atoms with Gasteiger partial charge in [-0.2, -0.15) is 5.26 Å². The third kappa shape index (κ3) is 2.69. The van der Waals surface area contributed by atoms with Crippen molar-refractivity contribution in [2.75, 3.05) is 6.61 Å². The second kappa shape index (κ2) is 5.65. The van der Waals surface area contributed by atoms with Gasteiger partial charge in [-0.1, -0.05) is 12.1 Å². The van der Waals surface area contributed by atoms with Crippen molar-refractivity contribution in [3.63, 3.8) is 0 Å². The standard InChI is InChI=1S/C14H17N3O/c1-11(2)18-10-9-17-13-6-4-3-5-12(13)16-14(17)7-8-15/h3-6,11H,7,9-10H2,1-2H3. The molecule has 0 N–H and O–H groups in total. The maximum Gasteiger partial charge on any atom is 0.124 e. The first-order valence-corrected chi connectivity index (χ1v) is 6.15. The van der Waals surface area contributed by atoms with Gasteiger partial charge in [0.15, 0.2) is 0 Å². The summed E-state index contributed by atoms with van der Waals surface area (Å²) in [6.45, 7) is 5.40. The van der Waals surface area contributed by atoms with Crippen LogP contribution in [0.5, 0.6) is 0 Å². The molecule has 4 heteroatoms. The number of aromatic nitrogens is 2. The van der Waals surface area contributed by atoms with Gasteiger partial charge in [0.05, 0.1) is 36.2 Å². The summed E-state index contributed by atoms with van der Waals surface area (Å²) in [6, 6.07) is 10.1. The number of hydrogen-bond donors (Lipinski definition) is 0. The van der Waals surface area contributed by atoms with Crippen molar-refractivity contribution >= 4 is 11.0 Å². The van der Waals surface area contributed by atoms with Crippen LogP contribution in [-0.2, 0) is 17.7 Å². The van der Waals surface area contributed by atoms with Crippen molar-refractivity contribution in [2.24, 2.45) is 0 Å². The molecule has 1 aromatic carbocycles. The molecule has 0 bridgehead atoms. The van der Waals surface area contributed by atoms with Crippen LogP contribution in [0.4, 0.5) is 0 Å². The topological polar surface area (TPSA) is 50.8 Å². The van der Waals surface area contributed by atoms with Crippen molar-refractivity contribution in [1.29, 1.82) is 5.26 Å². The number of para-hydroxylation sites is 2. The van der Waals surface area contributed by atoms with Crippen molar-refractivity contribution in [3.05, 3.63) is 30.1 Å². The molecule has 0 amide bonds. The zero-order chi connectivity index (χ0) is 13.0. The van der Waals surface area contributed by atoms with Crippen LogP contribution in [0.2, 0.25) is 0 Å². The Balaban J connectivity index is 2.27. The van der Waals surface area contributed by atoms with Gasteiger partial charge >= 0.3 is 0 Å². The molecule has 1 aromatic heterocycles. The second-order valence-corrected chi connectivity index (χ2v) is 4.42. The van der Waals surface area contributed by atoms with Gasteiger partial charge < -0.3 is 9.30 Å². The van der Waals surface area contributed by atoms with Crippen LogP contribution >= 0.6 is 0 Å². The Hall–Kier alpha value is -1.86. The first-order chi connectivity index (χ1) is 8.72. The fourth-order valence-electron chi connectivity index (χ4n) is 1.96. The van der Waals surface area contributed by atoms with E-state index in [0.29, 0.717) is 13.0 Å². The van der Waals surface area contributed by atoms with Crippen molar-refractivity contribution in [2.45, 2.75) is 32.9 Å². The Kier molecular flexibility index (Phi) is 3.96. The molecule has 0 spiro atoms. The molecule has 0 aliphatic carbocycles.